The fourth-order valence-corrected chi connectivity index (χ4v) is 3.51. The van der Waals surface area contributed by atoms with Crippen LogP contribution in [0.1, 0.15) is 42.7 Å². The Morgan fingerprint density at radius 3 is 2.72 bits per heavy atom. The molecule has 1 aliphatic carbocycles. The average molecular weight is 245 g/mol. The van der Waals surface area contributed by atoms with Gasteiger partial charge in [0.05, 0.1) is 6.10 Å². The molecule has 2 heteroatoms. The molecule has 2 nitrogen and oxygen atoms in total. The third-order valence-electron chi connectivity index (χ3n) is 4.55. The quantitative estimate of drug-likeness (QED) is 0.884. The first-order chi connectivity index (χ1) is 8.84. The number of hydrogen-bond acceptors (Lipinski definition) is 2. The molecule has 1 aliphatic heterocycles. The fourth-order valence-electron chi connectivity index (χ4n) is 3.51. The predicted octanol–water partition coefficient (Wildman–Crippen LogP) is 2.56. The highest BCUT2D eigenvalue weighted by atomic mass is 16.3. The molecule has 0 amide bonds. The highest BCUT2D eigenvalue weighted by molar-refractivity contribution is 5.36. The van der Waals surface area contributed by atoms with Crippen LogP contribution in [0.5, 0.6) is 0 Å². The van der Waals surface area contributed by atoms with Gasteiger partial charge in [-0.3, -0.25) is 0 Å². The van der Waals surface area contributed by atoms with Gasteiger partial charge >= 0.3 is 0 Å². The summed E-state index contributed by atoms with van der Waals surface area (Å²) in [5, 5.41) is 10.2. The lowest BCUT2D eigenvalue weighted by atomic mass is 9.95. The molecule has 98 valence electrons. The first-order valence-electron chi connectivity index (χ1n) is 7.33. The summed E-state index contributed by atoms with van der Waals surface area (Å²) in [6.07, 6.45) is 5.89. The van der Waals surface area contributed by atoms with Crippen LogP contribution in [0, 0.1) is 0 Å². The number of piperidine rings is 1. The summed E-state index contributed by atoms with van der Waals surface area (Å²) in [6, 6.07) is 8.55. The van der Waals surface area contributed by atoms with Crippen LogP contribution in [0.4, 0.5) is 0 Å². The molecule has 0 bridgehead atoms. The minimum absolute atomic E-state index is 0.160. The molecule has 1 aromatic carbocycles. The van der Waals surface area contributed by atoms with Gasteiger partial charge < -0.3 is 10.0 Å². The van der Waals surface area contributed by atoms with E-state index >= 15 is 0 Å². The van der Waals surface area contributed by atoms with E-state index in [2.05, 4.69) is 29.2 Å². The second kappa shape index (κ2) is 5.41. The van der Waals surface area contributed by atoms with Gasteiger partial charge in [-0.15, -0.1) is 0 Å². The van der Waals surface area contributed by atoms with Gasteiger partial charge in [-0.05, 0) is 56.4 Å². The van der Waals surface area contributed by atoms with Crippen LogP contribution in [0.15, 0.2) is 24.3 Å². The summed E-state index contributed by atoms with van der Waals surface area (Å²) < 4.78 is 0. The molecule has 2 aliphatic rings. The highest BCUT2D eigenvalue weighted by Crippen LogP contribution is 2.35. The highest BCUT2D eigenvalue weighted by Gasteiger charge is 2.30. The van der Waals surface area contributed by atoms with Crippen molar-refractivity contribution in [3.8, 4) is 0 Å². The Labute approximate surface area is 110 Å². The first-order valence-corrected chi connectivity index (χ1v) is 7.33. The van der Waals surface area contributed by atoms with Crippen molar-refractivity contribution in [1.29, 1.82) is 0 Å². The molecule has 3 rings (SSSR count). The van der Waals surface area contributed by atoms with Gasteiger partial charge in [0.2, 0.25) is 0 Å². The van der Waals surface area contributed by atoms with E-state index in [1.165, 1.54) is 43.5 Å². The zero-order chi connectivity index (χ0) is 12.4. The summed E-state index contributed by atoms with van der Waals surface area (Å²) in [4.78, 5) is 2.57. The Hall–Kier alpha value is -0.860. The van der Waals surface area contributed by atoms with Gasteiger partial charge in [0.25, 0.3) is 0 Å². The Balaban J connectivity index is 1.62. The summed E-state index contributed by atoms with van der Waals surface area (Å²) in [7, 11) is 0. The lowest BCUT2D eigenvalue weighted by Crippen LogP contribution is -2.32. The number of nitrogens with zero attached hydrogens (tertiary/aromatic N) is 1. The molecule has 1 heterocycles. The number of hydrogen-bond donors (Lipinski definition) is 1. The van der Waals surface area contributed by atoms with Crippen molar-refractivity contribution in [3.05, 3.63) is 35.4 Å². The monoisotopic (exact) mass is 245 g/mol. The average Bonchev–Trinajstić information content (AvgIpc) is 2.73. The Morgan fingerprint density at radius 2 is 1.89 bits per heavy atom. The van der Waals surface area contributed by atoms with E-state index in [0.29, 0.717) is 5.92 Å². The molecule has 0 radical (unpaired) electrons. The van der Waals surface area contributed by atoms with Crippen molar-refractivity contribution in [1.82, 2.24) is 4.90 Å². The van der Waals surface area contributed by atoms with Crippen LogP contribution in [0.3, 0.4) is 0 Å². The van der Waals surface area contributed by atoms with Crippen molar-refractivity contribution in [3.63, 3.8) is 0 Å². The third-order valence-corrected chi connectivity index (χ3v) is 4.55. The lowest BCUT2D eigenvalue weighted by Gasteiger charge is -2.28. The molecule has 0 aromatic heterocycles. The Bertz CT molecular complexity index is 398. The zero-order valence-corrected chi connectivity index (χ0v) is 11.0. The van der Waals surface area contributed by atoms with E-state index in [1.54, 1.807) is 0 Å². The van der Waals surface area contributed by atoms with Crippen LogP contribution < -0.4 is 0 Å². The summed E-state index contributed by atoms with van der Waals surface area (Å²) in [6.45, 7) is 3.66. The molecular weight excluding hydrogens is 222 g/mol. The first kappa shape index (κ1) is 12.2. The van der Waals surface area contributed by atoms with E-state index in [9.17, 15) is 5.11 Å². The number of fused-ring (bicyclic) bond motifs is 1. The minimum Gasteiger partial charge on any atom is -0.392 e. The van der Waals surface area contributed by atoms with Gasteiger partial charge in [-0.1, -0.05) is 30.7 Å². The summed E-state index contributed by atoms with van der Waals surface area (Å²) in [5.41, 5.74) is 2.75. The van der Waals surface area contributed by atoms with Crippen LogP contribution in [0.25, 0.3) is 0 Å². The Kier molecular flexibility index (Phi) is 3.67. The number of benzene rings is 1. The summed E-state index contributed by atoms with van der Waals surface area (Å²) >= 11 is 0. The molecule has 0 unspecified atom stereocenters. The normalized spacial score (nSPS) is 28.3. The third kappa shape index (κ3) is 2.45. The van der Waals surface area contributed by atoms with Crippen molar-refractivity contribution < 1.29 is 5.11 Å². The van der Waals surface area contributed by atoms with Crippen LogP contribution in [-0.4, -0.2) is 35.7 Å². The molecule has 1 saturated heterocycles. The second-order valence-electron chi connectivity index (χ2n) is 5.77. The van der Waals surface area contributed by atoms with Gasteiger partial charge in [0.15, 0.2) is 0 Å². The number of likely N-dealkylation sites (tertiary alicyclic amines) is 1. The maximum atomic E-state index is 10.2. The number of rotatable bonds is 3. The van der Waals surface area contributed by atoms with Gasteiger partial charge in [-0.25, -0.2) is 0 Å². The molecule has 1 N–H and O–H groups in total. The predicted molar refractivity (Wildman–Crippen MR) is 73.8 cm³/mol. The van der Waals surface area contributed by atoms with Crippen LogP contribution in [-0.2, 0) is 6.42 Å². The van der Waals surface area contributed by atoms with Crippen molar-refractivity contribution >= 4 is 0 Å². The standard InChI is InChI=1S/C16H23NO/c18-16-12-13-6-2-3-7-14(13)15(16)8-11-17-9-4-1-5-10-17/h2-3,6-7,15-16,18H,1,4-5,8-12H2/t15-,16-/m0/s1. The van der Waals surface area contributed by atoms with Gasteiger partial charge in [0.1, 0.15) is 0 Å². The minimum atomic E-state index is -0.160. The maximum Gasteiger partial charge on any atom is 0.0649 e. The molecule has 1 aromatic rings. The molecule has 0 saturated carbocycles. The van der Waals surface area contributed by atoms with Crippen LogP contribution in [0.2, 0.25) is 0 Å². The lowest BCUT2D eigenvalue weighted by molar-refractivity contribution is 0.138. The second-order valence-corrected chi connectivity index (χ2v) is 5.77. The number of aliphatic hydroxyl groups excluding tert-OH is 1. The topological polar surface area (TPSA) is 23.5 Å². The zero-order valence-electron chi connectivity index (χ0n) is 11.0. The van der Waals surface area contributed by atoms with Crippen molar-refractivity contribution in [2.45, 2.75) is 44.1 Å². The molecular formula is C16H23NO. The fraction of sp³-hybridized carbons (Fsp3) is 0.625. The molecule has 0 spiro atoms. The number of aliphatic hydroxyl groups is 1. The smallest absolute Gasteiger partial charge is 0.0649 e. The van der Waals surface area contributed by atoms with Gasteiger partial charge in [0, 0.05) is 5.92 Å². The van der Waals surface area contributed by atoms with E-state index in [1.807, 2.05) is 0 Å². The largest absolute Gasteiger partial charge is 0.392 e. The SMILES string of the molecule is O[C@H]1Cc2ccccc2[C@@H]1CCN1CCCCC1. The Morgan fingerprint density at radius 1 is 1.11 bits per heavy atom. The van der Waals surface area contributed by atoms with E-state index < -0.39 is 0 Å². The van der Waals surface area contributed by atoms with E-state index in [0.717, 1.165) is 19.4 Å². The van der Waals surface area contributed by atoms with E-state index in [4.69, 9.17) is 0 Å². The summed E-state index contributed by atoms with van der Waals surface area (Å²) in [5.74, 6) is 0.364. The van der Waals surface area contributed by atoms with Crippen molar-refractivity contribution in [2.75, 3.05) is 19.6 Å². The van der Waals surface area contributed by atoms with E-state index in [-0.39, 0.29) is 6.10 Å². The van der Waals surface area contributed by atoms with Crippen molar-refractivity contribution in [2.24, 2.45) is 0 Å². The maximum absolute atomic E-state index is 10.2. The van der Waals surface area contributed by atoms with Gasteiger partial charge in [-0.2, -0.15) is 0 Å². The van der Waals surface area contributed by atoms with Crippen LogP contribution >= 0.6 is 0 Å². The molecule has 2 atom stereocenters. The molecule has 18 heavy (non-hydrogen) atoms. The molecule has 1 fully saturated rings.